The van der Waals surface area contributed by atoms with Crippen LogP contribution in [0.2, 0.25) is 0 Å². The minimum absolute atomic E-state index is 0.209. The number of alkyl halides is 2. The maximum absolute atomic E-state index is 11.8. The molecule has 0 radical (unpaired) electrons. The van der Waals surface area contributed by atoms with Gasteiger partial charge in [0.05, 0.1) is 13.2 Å². The molecule has 102 valence electrons. The number of carbonyl (C=O) groups is 3. The highest BCUT2D eigenvalue weighted by Gasteiger charge is 2.45. The first kappa shape index (κ1) is 14.5. The summed E-state index contributed by atoms with van der Waals surface area (Å²) in [5, 5.41) is 0. The van der Waals surface area contributed by atoms with Crippen LogP contribution >= 0.6 is 0 Å². The van der Waals surface area contributed by atoms with Crippen molar-refractivity contribution in [2.24, 2.45) is 0 Å². The lowest BCUT2D eigenvalue weighted by molar-refractivity contribution is -0.144. The molecule has 1 aliphatic rings. The van der Waals surface area contributed by atoms with Crippen molar-refractivity contribution in [2.75, 3.05) is 19.8 Å². The summed E-state index contributed by atoms with van der Waals surface area (Å²) in [6.07, 6.45) is -2.61. The first-order valence-corrected chi connectivity index (χ1v) is 5.41. The van der Waals surface area contributed by atoms with Gasteiger partial charge < -0.3 is 4.74 Å². The van der Waals surface area contributed by atoms with E-state index in [0.717, 1.165) is 4.90 Å². The average molecular weight is 264 g/mol. The Kier molecular flexibility index (Phi) is 4.71. The fraction of sp³-hybridized carbons (Fsp3) is 0.700. The third-order valence-corrected chi connectivity index (χ3v) is 2.30. The zero-order chi connectivity index (χ0) is 13.9. The van der Waals surface area contributed by atoms with E-state index in [-0.39, 0.29) is 13.2 Å². The molecule has 0 aromatic carbocycles. The quantitative estimate of drug-likeness (QED) is 0.397. The lowest BCUT2D eigenvalue weighted by Crippen LogP contribution is -2.39. The third kappa shape index (κ3) is 3.00. The molecule has 1 rings (SSSR count). The normalized spacial score (nSPS) is 16.7. The first-order chi connectivity index (χ1) is 8.36. The highest BCUT2D eigenvalue weighted by Crippen LogP contribution is 2.14. The monoisotopic (exact) mass is 264 g/mol. The lowest BCUT2D eigenvalue weighted by atomic mass is 10.3. The maximum atomic E-state index is 11.8. The number of urea groups is 1. The Labute approximate surface area is 102 Å². The molecule has 8 heteroatoms. The lowest BCUT2D eigenvalue weighted by Gasteiger charge is -2.18. The molecule has 0 unspecified atom stereocenters. The Morgan fingerprint density at radius 1 is 1.17 bits per heavy atom. The summed E-state index contributed by atoms with van der Waals surface area (Å²) in [5.74, 6) is -1.85. The Morgan fingerprint density at radius 3 is 2.22 bits per heavy atom. The topological polar surface area (TPSA) is 66.9 Å². The van der Waals surface area contributed by atoms with Crippen LogP contribution in [0, 0.1) is 0 Å². The number of halogens is 2. The minimum atomic E-state index is -2.61. The fourth-order valence-electron chi connectivity index (χ4n) is 1.50. The predicted molar refractivity (Wildman–Crippen MR) is 55.9 cm³/mol. The molecule has 0 spiro atoms. The van der Waals surface area contributed by atoms with E-state index >= 15 is 0 Å². The van der Waals surface area contributed by atoms with Crippen LogP contribution in [0.25, 0.3) is 0 Å². The summed E-state index contributed by atoms with van der Waals surface area (Å²) < 4.78 is 28.1. The molecular weight excluding hydrogens is 250 g/mol. The first-order valence-electron chi connectivity index (χ1n) is 5.41. The summed E-state index contributed by atoms with van der Waals surface area (Å²) >= 11 is 0. The van der Waals surface area contributed by atoms with Crippen LogP contribution in [0.5, 0.6) is 0 Å². The molecule has 18 heavy (non-hydrogen) atoms. The molecule has 0 atom stereocenters. The van der Waals surface area contributed by atoms with Gasteiger partial charge in [-0.3, -0.25) is 19.4 Å². The minimum Gasteiger partial charge on any atom is -0.374 e. The van der Waals surface area contributed by atoms with Crippen LogP contribution in [0.1, 0.15) is 13.8 Å². The van der Waals surface area contributed by atoms with Crippen molar-refractivity contribution in [2.45, 2.75) is 26.3 Å². The van der Waals surface area contributed by atoms with E-state index in [9.17, 15) is 23.2 Å². The van der Waals surface area contributed by atoms with Gasteiger partial charge in [-0.15, -0.1) is 0 Å². The Hall–Kier alpha value is -1.57. The van der Waals surface area contributed by atoms with Crippen LogP contribution < -0.4 is 0 Å². The van der Waals surface area contributed by atoms with Crippen LogP contribution in [0.3, 0.4) is 0 Å². The summed E-state index contributed by atoms with van der Waals surface area (Å²) in [7, 11) is 0. The van der Waals surface area contributed by atoms with Crippen LogP contribution in [-0.2, 0) is 14.3 Å². The van der Waals surface area contributed by atoms with E-state index in [4.69, 9.17) is 0 Å². The standard InChI is InChI=1S/C10H14F2N2O4/c1-6(2)14-9(16)8(15)13(10(14)17)3-4-18-5-7(11)12/h6-7H,3-5H2,1-2H3. The molecule has 1 aliphatic heterocycles. The number of imide groups is 2. The molecule has 0 aromatic heterocycles. The second kappa shape index (κ2) is 5.85. The number of amides is 4. The zero-order valence-electron chi connectivity index (χ0n) is 10.1. The van der Waals surface area contributed by atoms with Gasteiger partial charge >= 0.3 is 17.8 Å². The van der Waals surface area contributed by atoms with Gasteiger partial charge in [-0.25, -0.2) is 13.6 Å². The Bertz CT molecular complexity index is 360. The van der Waals surface area contributed by atoms with Gasteiger partial charge in [0.2, 0.25) is 0 Å². The van der Waals surface area contributed by atoms with E-state index in [1.807, 2.05) is 0 Å². The van der Waals surface area contributed by atoms with E-state index in [0.29, 0.717) is 4.90 Å². The van der Waals surface area contributed by atoms with Gasteiger partial charge in [-0.2, -0.15) is 0 Å². The van der Waals surface area contributed by atoms with Gasteiger partial charge in [0.15, 0.2) is 0 Å². The molecule has 4 amide bonds. The molecule has 0 bridgehead atoms. The third-order valence-electron chi connectivity index (χ3n) is 2.30. The van der Waals surface area contributed by atoms with Crippen molar-refractivity contribution in [3.05, 3.63) is 0 Å². The van der Waals surface area contributed by atoms with Gasteiger partial charge in [-0.05, 0) is 13.8 Å². The van der Waals surface area contributed by atoms with E-state index in [2.05, 4.69) is 4.74 Å². The molecule has 1 heterocycles. The van der Waals surface area contributed by atoms with E-state index in [1.54, 1.807) is 13.8 Å². The molecule has 0 saturated carbocycles. The van der Waals surface area contributed by atoms with Crippen molar-refractivity contribution in [3.8, 4) is 0 Å². The smallest absolute Gasteiger partial charge is 0.334 e. The van der Waals surface area contributed by atoms with Crippen molar-refractivity contribution in [1.29, 1.82) is 0 Å². The average Bonchev–Trinajstić information content (AvgIpc) is 2.46. The van der Waals surface area contributed by atoms with Crippen LogP contribution in [0.4, 0.5) is 13.6 Å². The number of ether oxygens (including phenoxy) is 1. The fourth-order valence-corrected chi connectivity index (χ4v) is 1.50. The molecule has 0 N–H and O–H groups in total. The van der Waals surface area contributed by atoms with Gasteiger partial charge in [0, 0.05) is 6.04 Å². The van der Waals surface area contributed by atoms with Crippen LogP contribution in [-0.4, -0.2) is 59.9 Å². The number of rotatable bonds is 6. The SMILES string of the molecule is CC(C)N1C(=O)C(=O)N(CCOCC(F)F)C1=O. The van der Waals surface area contributed by atoms with Crippen molar-refractivity contribution in [3.63, 3.8) is 0 Å². The summed E-state index contributed by atoms with van der Waals surface area (Å²) in [6, 6.07) is -1.17. The maximum Gasteiger partial charge on any atom is 0.334 e. The second-order valence-electron chi connectivity index (χ2n) is 3.97. The molecule has 0 aliphatic carbocycles. The van der Waals surface area contributed by atoms with Crippen LogP contribution in [0.15, 0.2) is 0 Å². The van der Waals surface area contributed by atoms with Gasteiger partial charge in [0.25, 0.3) is 6.43 Å². The van der Waals surface area contributed by atoms with E-state index < -0.39 is 36.9 Å². The van der Waals surface area contributed by atoms with Crippen molar-refractivity contribution < 1.29 is 27.9 Å². The second-order valence-corrected chi connectivity index (χ2v) is 3.97. The summed E-state index contributed by atoms with van der Waals surface area (Å²) in [4.78, 5) is 36.2. The summed E-state index contributed by atoms with van der Waals surface area (Å²) in [5.41, 5.74) is 0. The predicted octanol–water partition coefficient (Wildman–Crippen LogP) is 0.467. The zero-order valence-corrected chi connectivity index (χ0v) is 10.1. The van der Waals surface area contributed by atoms with E-state index in [1.165, 1.54) is 0 Å². The molecule has 1 saturated heterocycles. The van der Waals surface area contributed by atoms with Gasteiger partial charge in [0.1, 0.15) is 6.61 Å². The number of hydrogen-bond acceptors (Lipinski definition) is 4. The highest BCUT2D eigenvalue weighted by atomic mass is 19.3. The largest absolute Gasteiger partial charge is 0.374 e. The number of carbonyl (C=O) groups excluding carboxylic acids is 3. The Balaban J connectivity index is 2.54. The number of hydrogen-bond donors (Lipinski definition) is 0. The van der Waals surface area contributed by atoms with Crippen molar-refractivity contribution in [1.82, 2.24) is 9.80 Å². The van der Waals surface area contributed by atoms with Crippen molar-refractivity contribution >= 4 is 17.8 Å². The highest BCUT2D eigenvalue weighted by molar-refractivity contribution is 6.44. The van der Waals surface area contributed by atoms with Gasteiger partial charge in [-0.1, -0.05) is 0 Å². The molecular formula is C10H14F2N2O4. The summed E-state index contributed by atoms with van der Waals surface area (Å²) in [6.45, 7) is 2.00. The molecule has 6 nitrogen and oxygen atoms in total. The molecule has 0 aromatic rings. The Morgan fingerprint density at radius 2 is 1.78 bits per heavy atom. The number of nitrogens with zero attached hydrogens (tertiary/aromatic N) is 2. The molecule has 1 fully saturated rings.